The van der Waals surface area contributed by atoms with Gasteiger partial charge in [-0.05, 0) is 30.8 Å². The van der Waals surface area contributed by atoms with Crippen molar-refractivity contribution in [2.45, 2.75) is 40.5 Å². The van der Waals surface area contributed by atoms with Crippen molar-refractivity contribution in [1.29, 1.82) is 0 Å². The lowest BCUT2D eigenvalue weighted by Crippen LogP contribution is -2.27. The van der Waals surface area contributed by atoms with Crippen LogP contribution in [0.1, 0.15) is 40.5 Å². The molecule has 0 aliphatic heterocycles. The summed E-state index contributed by atoms with van der Waals surface area (Å²) < 4.78 is 0. The van der Waals surface area contributed by atoms with Crippen molar-refractivity contribution >= 4 is 5.78 Å². The number of allylic oxidation sites excluding steroid dienone is 2. The fourth-order valence-electron chi connectivity index (χ4n) is 3.36. The van der Waals surface area contributed by atoms with Gasteiger partial charge in [0.2, 0.25) is 0 Å². The Hall–Kier alpha value is -0.590. The van der Waals surface area contributed by atoms with E-state index in [0.29, 0.717) is 11.7 Å². The second-order valence-corrected chi connectivity index (χ2v) is 5.21. The Morgan fingerprint density at radius 3 is 2.31 bits per heavy atom. The second kappa shape index (κ2) is 2.26. The largest absolute Gasteiger partial charge is 0.294 e. The van der Waals surface area contributed by atoms with Gasteiger partial charge in [-0.1, -0.05) is 26.8 Å². The molecular formula is C12H18O. The SMILES string of the molecule is CC=C1C(=O)C2CCC1(C)C2(C)C. The van der Waals surface area contributed by atoms with Crippen LogP contribution in [-0.2, 0) is 4.79 Å². The highest BCUT2D eigenvalue weighted by Gasteiger charge is 2.63. The molecule has 2 fully saturated rings. The molecule has 0 radical (unpaired) electrons. The number of Topliss-reactive ketones (excluding diaryl/α,β-unsaturated/α-hetero) is 1. The minimum atomic E-state index is 0.156. The van der Waals surface area contributed by atoms with Crippen molar-refractivity contribution in [2.75, 3.05) is 0 Å². The van der Waals surface area contributed by atoms with Crippen molar-refractivity contribution in [3.8, 4) is 0 Å². The van der Waals surface area contributed by atoms with Crippen LogP contribution >= 0.6 is 0 Å². The van der Waals surface area contributed by atoms with E-state index in [2.05, 4.69) is 20.8 Å². The highest BCUT2D eigenvalue weighted by atomic mass is 16.1. The minimum Gasteiger partial charge on any atom is -0.294 e. The summed E-state index contributed by atoms with van der Waals surface area (Å²) in [6.45, 7) is 8.75. The molecule has 2 rings (SSSR count). The van der Waals surface area contributed by atoms with E-state index in [0.717, 1.165) is 12.0 Å². The Morgan fingerprint density at radius 1 is 1.38 bits per heavy atom. The van der Waals surface area contributed by atoms with Crippen LogP contribution in [-0.4, -0.2) is 5.78 Å². The average molecular weight is 178 g/mol. The first-order valence-corrected chi connectivity index (χ1v) is 5.16. The Balaban J connectivity index is 2.59. The van der Waals surface area contributed by atoms with E-state index >= 15 is 0 Å². The number of carbonyl (C=O) groups excluding carboxylic acids is 1. The van der Waals surface area contributed by atoms with Gasteiger partial charge in [0.15, 0.2) is 5.78 Å². The predicted octanol–water partition coefficient (Wildman–Crippen LogP) is 2.96. The molecule has 2 unspecified atom stereocenters. The molecule has 2 atom stereocenters. The smallest absolute Gasteiger partial charge is 0.162 e. The fraction of sp³-hybridized carbons (Fsp3) is 0.750. The number of ketones is 1. The first-order valence-electron chi connectivity index (χ1n) is 5.16. The highest BCUT2D eigenvalue weighted by Crippen LogP contribution is 2.66. The van der Waals surface area contributed by atoms with E-state index < -0.39 is 0 Å². The van der Waals surface area contributed by atoms with Crippen LogP contribution in [0.2, 0.25) is 0 Å². The third-order valence-electron chi connectivity index (χ3n) is 4.69. The Labute approximate surface area is 80.2 Å². The van der Waals surface area contributed by atoms with Gasteiger partial charge in [-0.2, -0.15) is 0 Å². The van der Waals surface area contributed by atoms with E-state index in [9.17, 15) is 4.79 Å². The molecule has 0 aromatic heterocycles. The van der Waals surface area contributed by atoms with Gasteiger partial charge in [-0.25, -0.2) is 0 Å². The molecular weight excluding hydrogens is 160 g/mol. The molecule has 0 amide bonds. The summed E-state index contributed by atoms with van der Waals surface area (Å²) in [4.78, 5) is 12.0. The molecule has 0 aromatic carbocycles. The normalized spacial score (nSPS) is 44.8. The zero-order chi connectivity index (χ0) is 9.85. The zero-order valence-corrected chi connectivity index (χ0v) is 8.98. The molecule has 2 aliphatic rings. The Morgan fingerprint density at radius 2 is 2.00 bits per heavy atom. The molecule has 0 spiro atoms. The summed E-state index contributed by atoms with van der Waals surface area (Å²) in [7, 11) is 0. The van der Waals surface area contributed by atoms with Crippen molar-refractivity contribution in [3.63, 3.8) is 0 Å². The summed E-state index contributed by atoms with van der Waals surface area (Å²) >= 11 is 0. The van der Waals surface area contributed by atoms with Crippen LogP contribution < -0.4 is 0 Å². The maximum absolute atomic E-state index is 12.0. The molecule has 2 saturated carbocycles. The molecule has 2 aliphatic carbocycles. The lowest BCUT2D eigenvalue weighted by molar-refractivity contribution is -0.119. The van der Waals surface area contributed by atoms with Crippen molar-refractivity contribution in [2.24, 2.45) is 16.7 Å². The molecule has 1 heteroatoms. The monoisotopic (exact) mass is 178 g/mol. The van der Waals surface area contributed by atoms with E-state index in [-0.39, 0.29) is 10.8 Å². The molecule has 0 N–H and O–H groups in total. The molecule has 1 nitrogen and oxygen atoms in total. The quantitative estimate of drug-likeness (QED) is 0.521. The van der Waals surface area contributed by atoms with Gasteiger partial charge in [0.05, 0.1) is 0 Å². The summed E-state index contributed by atoms with van der Waals surface area (Å²) in [6, 6.07) is 0. The number of carbonyl (C=O) groups is 1. The van der Waals surface area contributed by atoms with Crippen molar-refractivity contribution in [1.82, 2.24) is 0 Å². The number of hydrogen-bond acceptors (Lipinski definition) is 1. The van der Waals surface area contributed by atoms with E-state index in [4.69, 9.17) is 0 Å². The van der Waals surface area contributed by atoms with Crippen LogP contribution in [0.25, 0.3) is 0 Å². The Bertz CT molecular complexity index is 298. The average Bonchev–Trinajstić information content (AvgIpc) is 2.32. The standard InChI is InChI=1S/C12H18O/c1-5-8-10(13)9-6-7-12(8,4)11(9,2)3/h5,9H,6-7H2,1-4H3. The topological polar surface area (TPSA) is 17.1 Å². The zero-order valence-electron chi connectivity index (χ0n) is 8.98. The van der Waals surface area contributed by atoms with Gasteiger partial charge in [0.1, 0.15) is 0 Å². The van der Waals surface area contributed by atoms with Gasteiger partial charge in [-0.15, -0.1) is 0 Å². The second-order valence-electron chi connectivity index (χ2n) is 5.21. The van der Waals surface area contributed by atoms with Crippen LogP contribution in [0.5, 0.6) is 0 Å². The number of fused-ring (bicyclic) bond motifs is 2. The Kier molecular flexibility index (Phi) is 1.56. The van der Waals surface area contributed by atoms with E-state index in [1.807, 2.05) is 13.0 Å². The fourth-order valence-corrected chi connectivity index (χ4v) is 3.36. The molecule has 13 heavy (non-hydrogen) atoms. The summed E-state index contributed by atoms with van der Waals surface area (Å²) in [5.74, 6) is 0.713. The van der Waals surface area contributed by atoms with Crippen LogP contribution in [0.4, 0.5) is 0 Å². The van der Waals surface area contributed by atoms with Gasteiger partial charge in [0.25, 0.3) is 0 Å². The molecule has 2 bridgehead atoms. The summed E-state index contributed by atoms with van der Waals surface area (Å²) in [5, 5.41) is 0. The lowest BCUT2D eigenvalue weighted by atomic mass is 9.69. The molecule has 72 valence electrons. The van der Waals surface area contributed by atoms with Gasteiger partial charge in [0, 0.05) is 11.3 Å². The third-order valence-corrected chi connectivity index (χ3v) is 4.69. The van der Waals surface area contributed by atoms with Crippen molar-refractivity contribution < 1.29 is 4.79 Å². The molecule has 0 saturated heterocycles. The van der Waals surface area contributed by atoms with Gasteiger partial charge < -0.3 is 0 Å². The third kappa shape index (κ3) is 0.762. The van der Waals surface area contributed by atoms with E-state index in [1.54, 1.807) is 0 Å². The summed E-state index contributed by atoms with van der Waals surface area (Å²) in [5.41, 5.74) is 1.43. The molecule has 0 aromatic rings. The number of hydrogen-bond donors (Lipinski definition) is 0. The lowest BCUT2D eigenvalue weighted by Gasteiger charge is -2.34. The minimum absolute atomic E-state index is 0.156. The highest BCUT2D eigenvalue weighted by molar-refractivity contribution is 6.03. The van der Waals surface area contributed by atoms with Crippen LogP contribution in [0.15, 0.2) is 11.6 Å². The predicted molar refractivity (Wildman–Crippen MR) is 53.4 cm³/mol. The molecule has 0 heterocycles. The van der Waals surface area contributed by atoms with Gasteiger partial charge in [-0.3, -0.25) is 4.79 Å². The van der Waals surface area contributed by atoms with Crippen molar-refractivity contribution in [3.05, 3.63) is 11.6 Å². The first kappa shape index (κ1) is 8.98. The number of rotatable bonds is 0. The van der Waals surface area contributed by atoms with E-state index in [1.165, 1.54) is 6.42 Å². The van der Waals surface area contributed by atoms with Crippen LogP contribution in [0.3, 0.4) is 0 Å². The first-order chi connectivity index (χ1) is 5.95. The summed E-state index contributed by atoms with van der Waals surface area (Å²) in [6.07, 6.45) is 4.32. The maximum atomic E-state index is 12.0. The van der Waals surface area contributed by atoms with Crippen LogP contribution in [0, 0.1) is 16.7 Å². The van der Waals surface area contributed by atoms with Gasteiger partial charge >= 0.3 is 0 Å². The maximum Gasteiger partial charge on any atom is 0.162 e.